The average Bonchev–Trinajstić information content (AvgIpc) is 2.39. The minimum atomic E-state index is -0.682. The Morgan fingerprint density at radius 3 is 2.89 bits per heavy atom. The molecule has 2 rings (SSSR count). The number of hydrogen-bond acceptors (Lipinski definition) is 2. The molecule has 0 aliphatic carbocycles. The first-order valence-electron chi connectivity index (χ1n) is 7.02. The van der Waals surface area contributed by atoms with E-state index in [9.17, 15) is 9.90 Å². The van der Waals surface area contributed by atoms with Gasteiger partial charge >= 0.3 is 5.97 Å². The van der Waals surface area contributed by atoms with Crippen LogP contribution in [0.25, 0.3) is 0 Å². The lowest BCUT2D eigenvalue weighted by molar-refractivity contribution is -0.149. The van der Waals surface area contributed by atoms with Crippen LogP contribution in [-0.2, 0) is 4.79 Å². The van der Waals surface area contributed by atoms with Crippen molar-refractivity contribution < 1.29 is 14.6 Å². The molecule has 2 atom stereocenters. The van der Waals surface area contributed by atoms with Crippen LogP contribution in [0.5, 0.6) is 5.75 Å². The van der Waals surface area contributed by atoms with Gasteiger partial charge in [0.1, 0.15) is 5.75 Å². The zero-order valence-corrected chi connectivity index (χ0v) is 11.7. The molecule has 104 valence electrons. The fourth-order valence-corrected chi connectivity index (χ4v) is 3.02. The van der Waals surface area contributed by atoms with Crippen molar-refractivity contribution in [1.82, 2.24) is 0 Å². The average molecular weight is 262 g/mol. The van der Waals surface area contributed by atoms with E-state index in [2.05, 4.69) is 6.07 Å². The monoisotopic (exact) mass is 262 g/mol. The Morgan fingerprint density at radius 1 is 1.47 bits per heavy atom. The Labute approximate surface area is 114 Å². The van der Waals surface area contributed by atoms with E-state index in [-0.39, 0.29) is 5.92 Å². The van der Waals surface area contributed by atoms with Crippen molar-refractivity contribution >= 4 is 5.97 Å². The maximum Gasteiger partial charge on any atom is 0.309 e. The van der Waals surface area contributed by atoms with E-state index in [4.69, 9.17) is 4.74 Å². The summed E-state index contributed by atoms with van der Waals surface area (Å²) >= 11 is 0. The van der Waals surface area contributed by atoms with E-state index < -0.39 is 11.4 Å². The number of rotatable bonds is 5. The second-order valence-corrected chi connectivity index (χ2v) is 5.69. The Balaban J connectivity index is 2.22. The lowest BCUT2D eigenvalue weighted by Crippen LogP contribution is -2.31. The van der Waals surface area contributed by atoms with Gasteiger partial charge in [-0.25, -0.2) is 0 Å². The molecule has 1 aromatic carbocycles. The smallest absolute Gasteiger partial charge is 0.309 e. The number of carboxylic acids is 1. The zero-order chi connectivity index (χ0) is 13.9. The summed E-state index contributed by atoms with van der Waals surface area (Å²) in [6, 6.07) is 7.99. The van der Waals surface area contributed by atoms with Crippen molar-refractivity contribution in [2.24, 2.45) is 5.41 Å². The summed E-state index contributed by atoms with van der Waals surface area (Å²) in [7, 11) is 0. The van der Waals surface area contributed by atoms with E-state index in [1.807, 2.05) is 32.0 Å². The molecular formula is C16H22O3. The molecule has 0 saturated heterocycles. The highest BCUT2D eigenvalue weighted by molar-refractivity contribution is 5.74. The third kappa shape index (κ3) is 2.91. The number of carboxylic acid groups (broad SMARTS) is 1. The predicted octanol–water partition coefficient (Wildman–Crippen LogP) is 3.83. The van der Waals surface area contributed by atoms with Crippen LogP contribution in [0.15, 0.2) is 24.3 Å². The molecule has 0 spiro atoms. The highest BCUT2D eigenvalue weighted by Crippen LogP contribution is 2.42. The van der Waals surface area contributed by atoms with E-state index in [1.54, 1.807) is 0 Å². The van der Waals surface area contributed by atoms with Crippen molar-refractivity contribution in [2.75, 3.05) is 6.61 Å². The second kappa shape index (κ2) is 5.64. The molecule has 1 aromatic rings. The van der Waals surface area contributed by atoms with Gasteiger partial charge in [0.05, 0.1) is 12.0 Å². The third-order valence-electron chi connectivity index (χ3n) is 4.10. The summed E-state index contributed by atoms with van der Waals surface area (Å²) in [5.41, 5.74) is 0.529. The second-order valence-electron chi connectivity index (χ2n) is 5.69. The quantitative estimate of drug-likeness (QED) is 0.877. The van der Waals surface area contributed by atoms with Crippen LogP contribution in [0.2, 0.25) is 0 Å². The Bertz CT molecular complexity index is 455. The number of carbonyl (C=O) groups is 1. The Hall–Kier alpha value is -1.51. The molecule has 1 aliphatic heterocycles. The third-order valence-corrected chi connectivity index (χ3v) is 4.10. The lowest BCUT2D eigenvalue weighted by atomic mass is 9.74. The fourth-order valence-electron chi connectivity index (χ4n) is 3.02. The standard InChI is InChI=1S/C16H22O3/c1-3-9-16(2,15(17)18)11-12-8-10-19-14-7-5-4-6-13(12)14/h4-7,12H,3,8-11H2,1-2H3,(H,17,18). The number of hydrogen-bond donors (Lipinski definition) is 1. The molecule has 3 heteroatoms. The van der Waals surface area contributed by atoms with Gasteiger partial charge in [-0.05, 0) is 43.7 Å². The first-order valence-corrected chi connectivity index (χ1v) is 7.02. The number of ether oxygens (including phenoxy) is 1. The lowest BCUT2D eigenvalue weighted by Gasteiger charge is -2.32. The van der Waals surface area contributed by atoms with Crippen LogP contribution >= 0.6 is 0 Å². The summed E-state index contributed by atoms with van der Waals surface area (Å²) in [4.78, 5) is 11.6. The first-order chi connectivity index (χ1) is 9.07. The minimum absolute atomic E-state index is 0.289. The van der Waals surface area contributed by atoms with Gasteiger partial charge in [0, 0.05) is 0 Å². The summed E-state index contributed by atoms with van der Waals surface area (Å²) in [5, 5.41) is 9.51. The summed E-state index contributed by atoms with van der Waals surface area (Å²) in [6.45, 7) is 4.60. The van der Waals surface area contributed by atoms with E-state index in [0.29, 0.717) is 13.0 Å². The molecule has 2 unspecified atom stereocenters. The molecule has 0 saturated carbocycles. The predicted molar refractivity (Wildman–Crippen MR) is 74.6 cm³/mol. The van der Waals surface area contributed by atoms with Crippen LogP contribution in [-0.4, -0.2) is 17.7 Å². The van der Waals surface area contributed by atoms with Gasteiger partial charge in [-0.15, -0.1) is 0 Å². The van der Waals surface area contributed by atoms with Gasteiger partial charge in [-0.1, -0.05) is 31.5 Å². The van der Waals surface area contributed by atoms with Crippen LogP contribution in [0.1, 0.15) is 51.0 Å². The maximum absolute atomic E-state index is 11.6. The largest absolute Gasteiger partial charge is 0.493 e. The number of fused-ring (bicyclic) bond motifs is 1. The number of benzene rings is 1. The molecule has 0 bridgehead atoms. The summed E-state index contributed by atoms with van der Waals surface area (Å²) in [6.07, 6.45) is 3.22. The molecule has 0 fully saturated rings. The van der Waals surface area contributed by atoms with Gasteiger partial charge < -0.3 is 9.84 Å². The Kier molecular flexibility index (Phi) is 4.13. The van der Waals surface area contributed by atoms with Crippen molar-refractivity contribution in [3.63, 3.8) is 0 Å². The van der Waals surface area contributed by atoms with Gasteiger partial charge in [0.15, 0.2) is 0 Å². The molecule has 1 aliphatic rings. The molecule has 1 heterocycles. The van der Waals surface area contributed by atoms with Gasteiger partial charge in [0.25, 0.3) is 0 Å². The SMILES string of the molecule is CCCC(C)(CC1CCOc2ccccc21)C(=O)O. The van der Waals surface area contributed by atoms with E-state index in [1.165, 1.54) is 0 Å². The highest BCUT2D eigenvalue weighted by atomic mass is 16.5. The minimum Gasteiger partial charge on any atom is -0.493 e. The van der Waals surface area contributed by atoms with E-state index >= 15 is 0 Å². The molecule has 0 radical (unpaired) electrons. The zero-order valence-electron chi connectivity index (χ0n) is 11.7. The van der Waals surface area contributed by atoms with Crippen molar-refractivity contribution in [3.05, 3.63) is 29.8 Å². The number of para-hydroxylation sites is 1. The highest BCUT2D eigenvalue weighted by Gasteiger charge is 2.36. The first kappa shape index (κ1) is 13.9. The molecule has 19 heavy (non-hydrogen) atoms. The normalized spacial score (nSPS) is 21.1. The van der Waals surface area contributed by atoms with Gasteiger partial charge in [0.2, 0.25) is 0 Å². The Morgan fingerprint density at radius 2 is 2.21 bits per heavy atom. The molecule has 1 N–H and O–H groups in total. The van der Waals surface area contributed by atoms with Crippen LogP contribution in [0.4, 0.5) is 0 Å². The van der Waals surface area contributed by atoms with E-state index in [0.717, 1.165) is 30.6 Å². The van der Waals surface area contributed by atoms with Crippen molar-refractivity contribution in [1.29, 1.82) is 0 Å². The molecule has 0 aromatic heterocycles. The maximum atomic E-state index is 11.6. The summed E-state index contributed by atoms with van der Waals surface area (Å²) in [5.74, 6) is 0.527. The van der Waals surface area contributed by atoms with Gasteiger partial charge in [-0.3, -0.25) is 4.79 Å². The molecule has 0 amide bonds. The van der Waals surface area contributed by atoms with Crippen molar-refractivity contribution in [2.45, 2.75) is 45.4 Å². The number of aliphatic carboxylic acids is 1. The van der Waals surface area contributed by atoms with Gasteiger partial charge in [-0.2, -0.15) is 0 Å². The van der Waals surface area contributed by atoms with Crippen LogP contribution < -0.4 is 4.74 Å². The topological polar surface area (TPSA) is 46.5 Å². The van der Waals surface area contributed by atoms with Crippen LogP contribution in [0, 0.1) is 5.41 Å². The summed E-state index contributed by atoms with van der Waals surface area (Å²) < 4.78 is 5.64. The molecule has 3 nitrogen and oxygen atoms in total. The van der Waals surface area contributed by atoms with Crippen LogP contribution in [0.3, 0.4) is 0 Å². The fraction of sp³-hybridized carbons (Fsp3) is 0.562. The molecular weight excluding hydrogens is 240 g/mol. The van der Waals surface area contributed by atoms with Crippen molar-refractivity contribution in [3.8, 4) is 5.75 Å².